The zero-order chi connectivity index (χ0) is 19.5. The molecule has 2 aliphatic rings. The van der Waals surface area contributed by atoms with Crippen molar-refractivity contribution in [3.05, 3.63) is 30.0 Å². The van der Waals surface area contributed by atoms with Crippen LogP contribution in [-0.4, -0.2) is 40.0 Å². The van der Waals surface area contributed by atoms with Crippen molar-refractivity contribution in [2.45, 2.75) is 49.4 Å². The Morgan fingerprint density at radius 1 is 1.32 bits per heavy atom. The van der Waals surface area contributed by atoms with Crippen LogP contribution in [0.4, 0.5) is 10.5 Å². The van der Waals surface area contributed by atoms with E-state index >= 15 is 0 Å². The third-order valence-electron chi connectivity index (χ3n) is 5.40. The van der Waals surface area contributed by atoms with Crippen molar-refractivity contribution in [1.29, 1.82) is 5.26 Å². The molecule has 2 fully saturated rings. The summed E-state index contributed by atoms with van der Waals surface area (Å²) in [4.78, 5) is 26.8. The van der Waals surface area contributed by atoms with Gasteiger partial charge < -0.3 is 20.9 Å². The molecule has 8 heteroatoms. The van der Waals surface area contributed by atoms with Gasteiger partial charge in [0, 0.05) is 40.2 Å². The van der Waals surface area contributed by atoms with E-state index in [0.29, 0.717) is 18.1 Å². The molecule has 0 aliphatic carbocycles. The van der Waals surface area contributed by atoms with Crippen LogP contribution in [0.15, 0.2) is 24.4 Å². The summed E-state index contributed by atoms with van der Waals surface area (Å²) in [6.07, 6.45) is 5.46. The second kappa shape index (κ2) is 8.15. The fourth-order valence-electron chi connectivity index (χ4n) is 3.99. The van der Waals surface area contributed by atoms with Crippen LogP contribution < -0.4 is 16.0 Å². The van der Waals surface area contributed by atoms with E-state index < -0.39 is 0 Å². The number of benzene rings is 1. The number of hydrogen-bond donors (Lipinski definition) is 4. The number of H-pyrrole nitrogens is 1. The van der Waals surface area contributed by atoms with Gasteiger partial charge >= 0.3 is 6.03 Å². The van der Waals surface area contributed by atoms with Crippen LogP contribution >= 0.6 is 11.8 Å². The number of hydrogen-bond acceptors (Lipinski definition) is 4. The first-order valence-corrected chi connectivity index (χ1v) is 10.6. The molecule has 1 aromatic heterocycles. The van der Waals surface area contributed by atoms with Gasteiger partial charge in [-0.1, -0.05) is 6.42 Å². The molecule has 2 aromatic rings. The average molecular weight is 398 g/mol. The lowest BCUT2D eigenvalue weighted by Gasteiger charge is -2.16. The van der Waals surface area contributed by atoms with Crippen LogP contribution in [0, 0.1) is 11.3 Å². The van der Waals surface area contributed by atoms with Crippen molar-refractivity contribution >= 4 is 40.3 Å². The maximum Gasteiger partial charge on any atom is 0.315 e. The van der Waals surface area contributed by atoms with Gasteiger partial charge in [0.15, 0.2) is 0 Å². The second-order valence-corrected chi connectivity index (χ2v) is 8.60. The van der Waals surface area contributed by atoms with Crippen molar-refractivity contribution in [3.63, 3.8) is 0 Å². The fraction of sp³-hybridized carbons (Fsp3) is 0.450. The molecule has 2 saturated heterocycles. The first kappa shape index (κ1) is 18.7. The Morgan fingerprint density at radius 2 is 2.21 bits per heavy atom. The lowest BCUT2D eigenvalue weighted by atomic mass is 10.0. The third kappa shape index (κ3) is 3.94. The summed E-state index contributed by atoms with van der Waals surface area (Å²) >= 11 is 1.90. The monoisotopic (exact) mass is 397 g/mol. The van der Waals surface area contributed by atoms with Gasteiger partial charge in [-0.3, -0.25) is 4.79 Å². The SMILES string of the molecule is N#CCc1c[nH]c2ccc(NC(=O)CCCC[C@@H]3SC[C@@H]4NC(=O)NC43)cc12. The largest absolute Gasteiger partial charge is 0.361 e. The molecular formula is C20H23N5O2S. The molecular weight excluding hydrogens is 374 g/mol. The van der Waals surface area contributed by atoms with E-state index in [0.717, 1.165) is 47.2 Å². The number of unbranched alkanes of at least 4 members (excludes halogenated alkanes) is 1. The second-order valence-electron chi connectivity index (χ2n) is 7.32. The van der Waals surface area contributed by atoms with Gasteiger partial charge in [-0.2, -0.15) is 17.0 Å². The Hall–Kier alpha value is -2.66. The van der Waals surface area contributed by atoms with Crippen LogP contribution in [0.25, 0.3) is 10.9 Å². The molecule has 1 aromatic carbocycles. The summed E-state index contributed by atoms with van der Waals surface area (Å²) in [7, 11) is 0. The normalized spacial score (nSPS) is 23.1. The number of anilines is 1. The van der Waals surface area contributed by atoms with Crippen molar-refractivity contribution in [2.75, 3.05) is 11.1 Å². The minimum absolute atomic E-state index is 0.00417. The number of thioether (sulfide) groups is 1. The van der Waals surface area contributed by atoms with E-state index in [-0.39, 0.29) is 24.0 Å². The van der Waals surface area contributed by atoms with Crippen LogP contribution in [0.2, 0.25) is 0 Å². The molecule has 0 spiro atoms. The number of aromatic amines is 1. The summed E-state index contributed by atoms with van der Waals surface area (Å²) in [6.45, 7) is 0. The quantitative estimate of drug-likeness (QED) is 0.425. The van der Waals surface area contributed by atoms with E-state index in [1.54, 1.807) is 0 Å². The number of rotatable bonds is 7. The number of fused-ring (bicyclic) bond motifs is 2. The summed E-state index contributed by atoms with van der Waals surface area (Å²) in [5.74, 6) is 0.966. The van der Waals surface area contributed by atoms with Gasteiger partial charge in [-0.25, -0.2) is 4.79 Å². The Balaban J connectivity index is 1.24. The molecule has 7 nitrogen and oxygen atoms in total. The highest BCUT2D eigenvalue weighted by atomic mass is 32.2. The number of nitriles is 1. The lowest BCUT2D eigenvalue weighted by Crippen LogP contribution is -2.36. The number of amides is 3. The lowest BCUT2D eigenvalue weighted by molar-refractivity contribution is -0.116. The van der Waals surface area contributed by atoms with Crippen LogP contribution in [0.3, 0.4) is 0 Å². The molecule has 3 amide bonds. The summed E-state index contributed by atoms with van der Waals surface area (Å²) in [6, 6.07) is 8.29. The molecule has 2 aliphatic heterocycles. The topological polar surface area (TPSA) is 110 Å². The highest BCUT2D eigenvalue weighted by Crippen LogP contribution is 2.33. The highest BCUT2D eigenvalue weighted by Gasteiger charge is 2.42. The molecule has 4 rings (SSSR count). The number of nitrogens with zero attached hydrogens (tertiary/aromatic N) is 1. The predicted molar refractivity (Wildman–Crippen MR) is 110 cm³/mol. The minimum Gasteiger partial charge on any atom is -0.361 e. The maximum atomic E-state index is 12.3. The number of aromatic nitrogens is 1. The smallest absolute Gasteiger partial charge is 0.315 e. The summed E-state index contributed by atoms with van der Waals surface area (Å²) in [5.41, 5.74) is 2.66. The number of carbonyl (C=O) groups is 2. The fourth-order valence-corrected chi connectivity index (χ4v) is 5.53. The highest BCUT2D eigenvalue weighted by molar-refractivity contribution is 8.00. The molecule has 0 bridgehead atoms. The van der Waals surface area contributed by atoms with Crippen LogP contribution in [0.1, 0.15) is 31.2 Å². The molecule has 28 heavy (non-hydrogen) atoms. The molecule has 1 unspecified atom stereocenters. The first-order chi connectivity index (χ1) is 13.6. The number of urea groups is 1. The van der Waals surface area contributed by atoms with E-state index in [1.807, 2.05) is 36.2 Å². The average Bonchev–Trinajstić information content (AvgIpc) is 3.34. The van der Waals surface area contributed by atoms with Crippen molar-refractivity contribution < 1.29 is 9.59 Å². The van der Waals surface area contributed by atoms with E-state index in [9.17, 15) is 9.59 Å². The zero-order valence-corrected chi connectivity index (χ0v) is 16.3. The van der Waals surface area contributed by atoms with E-state index in [1.165, 1.54) is 0 Å². The van der Waals surface area contributed by atoms with E-state index in [4.69, 9.17) is 5.26 Å². The Labute approximate surface area is 167 Å². The van der Waals surface area contributed by atoms with Gasteiger partial charge in [0.2, 0.25) is 5.91 Å². The van der Waals surface area contributed by atoms with Crippen LogP contribution in [0.5, 0.6) is 0 Å². The van der Waals surface area contributed by atoms with Gasteiger partial charge in [0.05, 0.1) is 24.6 Å². The molecule has 0 saturated carbocycles. The molecule has 3 atom stereocenters. The molecule has 3 heterocycles. The van der Waals surface area contributed by atoms with Gasteiger partial charge in [-0.05, 0) is 36.6 Å². The molecule has 0 radical (unpaired) electrons. The maximum absolute atomic E-state index is 12.3. The Morgan fingerprint density at radius 3 is 3.07 bits per heavy atom. The van der Waals surface area contributed by atoms with Gasteiger partial charge in [0.1, 0.15) is 0 Å². The minimum atomic E-state index is -0.0583. The summed E-state index contributed by atoms with van der Waals surface area (Å²) < 4.78 is 0. The van der Waals surface area contributed by atoms with Crippen LogP contribution in [-0.2, 0) is 11.2 Å². The van der Waals surface area contributed by atoms with Gasteiger partial charge in [-0.15, -0.1) is 0 Å². The number of carbonyl (C=O) groups excluding carboxylic acids is 2. The standard InChI is InChI=1S/C20H23N5O2S/c21-8-7-12-10-22-15-6-5-13(9-14(12)15)23-18(26)4-2-1-3-17-19-16(11-28-17)24-20(27)25-19/h5-6,9-10,16-17,19,22H,1-4,7,11H2,(H,23,26)(H2,24,25,27)/t16-,17-,19?/m0/s1. The third-order valence-corrected chi connectivity index (χ3v) is 6.91. The zero-order valence-electron chi connectivity index (χ0n) is 15.5. The Bertz CT molecular complexity index is 934. The van der Waals surface area contributed by atoms with Gasteiger partial charge in [0.25, 0.3) is 0 Å². The van der Waals surface area contributed by atoms with Crippen molar-refractivity contribution in [3.8, 4) is 6.07 Å². The van der Waals surface area contributed by atoms with Crippen molar-refractivity contribution in [2.24, 2.45) is 0 Å². The number of nitrogens with one attached hydrogen (secondary N) is 4. The first-order valence-electron chi connectivity index (χ1n) is 9.59. The van der Waals surface area contributed by atoms with Crippen molar-refractivity contribution in [1.82, 2.24) is 15.6 Å². The molecule has 146 valence electrons. The predicted octanol–water partition coefficient (Wildman–Crippen LogP) is 2.90. The van der Waals surface area contributed by atoms with E-state index in [2.05, 4.69) is 27.0 Å². The Kier molecular flexibility index (Phi) is 5.44. The summed E-state index contributed by atoms with van der Waals surface area (Å²) in [5, 5.41) is 19.2. The molecule has 4 N–H and O–H groups in total.